The summed E-state index contributed by atoms with van der Waals surface area (Å²) in [6.45, 7) is 8.06. The molecule has 0 aromatic carbocycles. The van der Waals surface area contributed by atoms with Crippen molar-refractivity contribution in [3.8, 4) is 5.88 Å². The number of nitrogens with one attached hydrogen (secondary N) is 1. The summed E-state index contributed by atoms with van der Waals surface area (Å²) in [5.74, 6) is 1.51. The van der Waals surface area contributed by atoms with Gasteiger partial charge in [-0.15, -0.1) is 0 Å². The van der Waals surface area contributed by atoms with E-state index >= 15 is 0 Å². The quantitative estimate of drug-likeness (QED) is 0.857. The van der Waals surface area contributed by atoms with Crippen LogP contribution in [0.4, 0.5) is 0 Å². The van der Waals surface area contributed by atoms with Gasteiger partial charge in [-0.25, -0.2) is 4.98 Å². The lowest BCUT2D eigenvalue weighted by molar-refractivity contribution is 0.202. The monoisotopic (exact) mass is 276 g/mol. The molecule has 3 nitrogen and oxygen atoms in total. The Morgan fingerprint density at radius 1 is 1.25 bits per heavy atom. The van der Waals surface area contributed by atoms with Gasteiger partial charge in [0.15, 0.2) is 0 Å². The Labute approximate surface area is 123 Å². The van der Waals surface area contributed by atoms with E-state index in [0.29, 0.717) is 6.04 Å². The lowest BCUT2D eigenvalue weighted by Gasteiger charge is -2.21. The highest BCUT2D eigenvalue weighted by Gasteiger charge is 2.14. The van der Waals surface area contributed by atoms with E-state index in [-0.39, 0.29) is 0 Å². The standard InChI is InChI=1S/C17H28N2O/c1-13(2)18-11-16-9-14(3)19-17(10-16)20-12-15-7-5-4-6-8-15/h9-10,13,15,18H,4-8,11-12H2,1-3H3. The van der Waals surface area contributed by atoms with Crippen LogP contribution in [0.2, 0.25) is 0 Å². The Bertz CT molecular complexity index is 411. The first kappa shape index (κ1) is 15.3. The van der Waals surface area contributed by atoms with E-state index < -0.39 is 0 Å². The molecule has 0 radical (unpaired) electrons. The largest absolute Gasteiger partial charge is 0.477 e. The smallest absolute Gasteiger partial charge is 0.213 e. The van der Waals surface area contributed by atoms with Gasteiger partial charge in [0.25, 0.3) is 0 Å². The van der Waals surface area contributed by atoms with Gasteiger partial charge in [0.1, 0.15) is 0 Å². The van der Waals surface area contributed by atoms with Crippen molar-refractivity contribution in [1.82, 2.24) is 10.3 Å². The summed E-state index contributed by atoms with van der Waals surface area (Å²) in [5, 5.41) is 3.44. The molecule has 1 saturated carbocycles. The number of aromatic nitrogens is 1. The molecule has 1 N–H and O–H groups in total. The highest BCUT2D eigenvalue weighted by molar-refractivity contribution is 5.24. The van der Waals surface area contributed by atoms with Gasteiger partial charge in [-0.05, 0) is 37.3 Å². The van der Waals surface area contributed by atoms with Crippen molar-refractivity contribution < 1.29 is 4.74 Å². The van der Waals surface area contributed by atoms with Crippen molar-refractivity contribution in [2.75, 3.05) is 6.61 Å². The zero-order valence-corrected chi connectivity index (χ0v) is 13.1. The van der Waals surface area contributed by atoms with E-state index in [9.17, 15) is 0 Å². The minimum Gasteiger partial charge on any atom is -0.477 e. The van der Waals surface area contributed by atoms with Crippen LogP contribution in [0.25, 0.3) is 0 Å². The molecule has 1 aromatic heterocycles. The molecule has 0 spiro atoms. The number of hydrogen-bond donors (Lipinski definition) is 1. The minimum absolute atomic E-state index is 0.495. The molecular weight excluding hydrogens is 248 g/mol. The number of nitrogens with zero attached hydrogens (tertiary/aromatic N) is 1. The Morgan fingerprint density at radius 3 is 2.70 bits per heavy atom. The topological polar surface area (TPSA) is 34.1 Å². The van der Waals surface area contributed by atoms with Gasteiger partial charge in [0.2, 0.25) is 5.88 Å². The van der Waals surface area contributed by atoms with Crippen LogP contribution in [0.3, 0.4) is 0 Å². The number of hydrogen-bond acceptors (Lipinski definition) is 3. The molecule has 2 rings (SSSR count). The first-order chi connectivity index (χ1) is 9.63. The number of ether oxygens (including phenoxy) is 1. The molecule has 0 atom stereocenters. The third-order valence-electron chi connectivity index (χ3n) is 3.90. The van der Waals surface area contributed by atoms with Crippen molar-refractivity contribution in [2.45, 2.75) is 65.5 Å². The fraction of sp³-hybridized carbons (Fsp3) is 0.706. The molecule has 0 amide bonds. The van der Waals surface area contributed by atoms with Gasteiger partial charge >= 0.3 is 0 Å². The van der Waals surface area contributed by atoms with Crippen molar-refractivity contribution >= 4 is 0 Å². The number of aryl methyl sites for hydroxylation is 1. The Hall–Kier alpha value is -1.09. The molecule has 1 aromatic rings. The Kier molecular flexibility index (Phi) is 5.84. The summed E-state index contributed by atoms with van der Waals surface area (Å²) in [6.07, 6.45) is 6.74. The third-order valence-corrected chi connectivity index (χ3v) is 3.90. The Balaban J connectivity index is 1.89. The molecule has 0 saturated heterocycles. The fourth-order valence-electron chi connectivity index (χ4n) is 2.76. The molecule has 0 bridgehead atoms. The van der Waals surface area contributed by atoms with Crippen LogP contribution in [-0.2, 0) is 6.54 Å². The van der Waals surface area contributed by atoms with Gasteiger partial charge < -0.3 is 10.1 Å². The zero-order valence-electron chi connectivity index (χ0n) is 13.1. The summed E-state index contributed by atoms with van der Waals surface area (Å²) < 4.78 is 5.93. The van der Waals surface area contributed by atoms with Crippen molar-refractivity contribution in [1.29, 1.82) is 0 Å². The molecule has 20 heavy (non-hydrogen) atoms. The second-order valence-electron chi connectivity index (χ2n) is 6.31. The summed E-state index contributed by atoms with van der Waals surface area (Å²) in [7, 11) is 0. The van der Waals surface area contributed by atoms with E-state index in [0.717, 1.165) is 30.6 Å². The molecule has 1 aliphatic carbocycles. The minimum atomic E-state index is 0.495. The average Bonchev–Trinajstić information content (AvgIpc) is 2.44. The molecule has 1 aliphatic rings. The number of pyridine rings is 1. The van der Waals surface area contributed by atoms with Crippen LogP contribution in [0.15, 0.2) is 12.1 Å². The second kappa shape index (κ2) is 7.63. The van der Waals surface area contributed by atoms with Crippen LogP contribution < -0.4 is 10.1 Å². The molecule has 0 aliphatic heterocycles. The van der Waals surface area contributed by atoms with Gasteiger partial charge in [-0.3, -0.25) is 0 Å². The van der Waals surface area contributed by atoms with Crippen LogP contribution in [0, 0.1) is 12.8 Å². The summed E-state index contributed by atoms with van der Waals surface area (Å²) in [5.41, 5.74) is 2.29. The molecule has 112 valence electrons. The van der Waals surface area contributed by atoms with E-state index in [1.165, 1.54) is 37.7 Å². The molecule has 1 heterocycles. The van der Waals surface area contributed by atoms with Crippen LogP contribution in [0.5, 0.6) is 5.88 Å². The first-order valence-electron chi connectivity index (χ1n) is 7.97. The number of rotatable bonds is 6. The summed E-state index contributed by atoms with van der Waals surface area (Å²) in [4.78, 5) is 4.50. The molecular formula is C17H28N2O. The van der Waals surface area contributed by atoms with Gasteiger partial charge in [-0.2, -0.15) is 0 Å². The van der Waals surface area contributed by atoms with Crippen LogP contribution in [-0.4, -0.2) is 17.6 Å². The summed E-state index contributed by atoms with van der Waals surface area (Å²) >= 11 is 0. The van der Waals surface area contributed by atoms with Gasteiger partial charge in [-0.1, -0.05) is 33.1 Å². The van der Waals surface area contributed by atoms with E-state index in [2.05, 4.69) is 36.3 Å². The normalized spacial score (nSPS) is 16.6. The lowest BCUT2D eigenvalue weighted by Crippen LogP contribution is -2.22. The molecule has 3 heteroatoms. The average molecular weight is 276 g/mol. The molecule has 0 unspecified atom stereocenters. The van der Waals surface area contributed by atoms with Crippen LogP contribution in [0.1, 0.15) is 57.2 Å². The lowest BCUT2D eigenvalue weighted by atomic mass is 9.90. The highest BCUT2D eigenvalue weighted by atomic mass is 16.5. The highest BCUT2D eigenvalue weighted by Crippen LogP contribution is 2.24. The predicted molar refractivity (Wildman–Crippen MR) is 83.0 cm³/mol. The maximum absolute atomic E-state index is 5.93. The van der Waals surface area contributed by atoms with Crippen molar-refractivity contribution in [2.24, 2.45) is 5.92 Å². The first-order valence-corrected chi connectivity index (χ1v) is 7.97. The van der Waals surface area contributed by atoms with Gasteiger partial charge in [0, 0.05) is 24.3 Å². The maximum Gasteiger partial charge on any atom is 0.213 e. The fourth-order valence-corrected chi connectivity index (χ4v) is 2.76. The predicted octanol–water partition coefficient (Wildman–Crippen LogP) is 3.85. The van der Waals surface area contributed by atoms with Crippen molar-refractivity contribution in [3.05, 3.63) is 23.4 Å². The van der Waals surface area contributed by atoms with Crippen molar-refractivity contribution in [3.63, 3.8) is 0 Å². The summed E-state index contributed by atoms with van der Waals surface area (Å²) in [6, 6.07) is 4.70. The van der Waals surface area contributed by atoms with E-state index in [4.69, 9.17) is 4.74 Å². The van der Waals surface area contributed by atoms with E-state index in [1.807, 2.05) is 6.92 Å². The maximum atomic E-state index is 5.93. The third kappa shape index (κ3) is 5.12. The van der Waals surface area contributed by atoms with Gasteiger partial charge in [0.05, 0.1) is 6.61 Å². The Morgan fingerprint density at radius 2 is 2.00 bits per heavy atom. The van der Waals surface area contributed by atoms with E-state index in [1.54, 1.807) is 0 Å². The second-order valence-corrected chi connectivity index (χ2v) is 6.31. The zero-order chi connectivity index (χ0) is 14.4. The SMILES string of the molecule is Cc1cc(CNC(C)C)cc(OCC2CCCCC2)n1. The van der Waals surface area contributed by atoms with Crippen LogP contribution >= 0.6 is 0 Å². The molecule has 1 fully saturated rings.